The van der Waals surface area contributed by atoms with Gasteiger partial charge in [-0.1, -0.05) is 23.4 Å². The third-order valence-electron chi connectivity index (χ3n) is 4.15. The van der Waals surface area contributed by atoms with Gasteiger partial charge in [0.25, 0.3) is 0 Å². The Morgan fingerprint density at radius 1 is 1.42 bits per heavy atom. The molecule has 1 fully saturated rings. The molecule has 0 saturated heterocycles. The highest BCUT2D eigenvalue weighted by Crippen LogP contribution is 2.30. The summed E-state index contributed by atoms with van der Waals surface area (Å²) >= 11 is 0. The van der Waals surface area contributed by atoms with Crippen LogP contribution in [0.1, 0.15) is 30.6 Å². The van der Waals surface area contributed by atoms with E-state index in [1.54, 1.807) is 20.1 Å². The molecule has 128 valence electrons. The van der Waals surface area contributed by atoms with E-state index in [1.807, 2.05) is 18.2 Å². The SMILES string of the molecule is COc1ccccc1CN(CCC(=O)Nc1cc(C)on1)C1CC1. The number of aromatic nitrogens is 1. The van der Waals surface area contributed by atoms with E-state index in [1.165, 1.54) is 12.8 Å². The van der Waals surface area contributed by atoms with E-state index in [4.69, 9.17) is 9.26 Å². The van der Waals surface area contributed by atoms with E-state index >= 15 is 0 Å². The predicted molar refractivity (Wildman–Crippen MR) is 90.9 cm³/mol. The van der Waals surface area contributed by atoms with Crippen molar-refractivity contribution in [3.63, 3.8) is 0 Å². The molecule has 1 aliphatic carbocycles. The van der Waals surface area contributed by atoms with Gasteiger partial charge >= 0.3 is 0 Å². The second kappa shape index (κ2) is 7.49. The van der Waals surface area contributed by atoms with Crippen LogP contribution in [0.5, 0.6) is 5.75 Å². The van der Waals surface area contributed by atoms with Gasteiger partial charge in [0.1, 0.15) is 11.5 Å². The van der Waals surface area contributed by atoms with Crippen LogP contribution in [0.25, 0.3) is 0 Å². The maximum atomic E-state index is 12.1. The lowest BCUT2D eigenvalue weighted by atomic mass is 10.1. The molecule has 1 amide bonds. The third kappa shape index (κ3) is 4.35. The predicted octanol–water partition coefficient (Wildman–Crippen LogP) is 2.98. The van der Waals surface area contributed by atoms with Crippen LogP contribution in [-0.4, -0.2) is 35.7 Å². The number of hydrogen-bond acceptors (Lipinski definition) is 5. The van der Waals surface area contributed by atoms with E-state index in [2.05, 4.69) is 21.4 Å². The number of ether oxygens (including phenoxy) is 1. The molecule has 24 heavy (non-hydrogen) atoms. The second-order valence-electron chi connectivity index (χ2n) is 6.13. The number of aryl methyl sites for hydroxylation is 1. The highest BCUT2D eigenvalue weighted by Gasteiger charge is 2.29. The highest BCUT2D eigenvalue weighted by molar-refractivity contribution is 5.89. The largest absolute Gasteiger partial charge is 0.496 e. The van der Waals surface area contributed by atoms with Crippen LogP contribution in [0.3, 0.4) is 0 Å². The summed E-state index contributed by atoms with van der Waals surface area (Å²) in [6, 6.07) is 10.3. The van der Waals surface area contributed by atoms with E-state index in [0.717, 1.165) is 17.9 Å². The molecule has 0 bridgehead atoms. The quantitative estimate of drug-likeness (QED) is 0.806. The summed E-state index contributed by atoms with van der Waals surface area (Å²) in [4.78, 5) is 14.5. The van der Waals surface area contributed by atoms with Crippen molar-refractivity contribution in [3.8, 4) is 5.75 Å². The Morgan fingerprint density at radius 3 is 2.88 bits per heavy atom. The van der Waals surface area contributed by atoms with Crippen LogP contribution < -0.4 is 10.1 Å². The number of methoxy groups -OCH3 is 1. The molecule has 1 N–H and O–H groups in total. The molecular formula is C18H23N3O3. The van der Waals surface area contributed by atoms with Crippen molar-refractivity contribution >= 4 is 11.7 Å². The van der Waals surface area contributed by atoms with Gasteiger partial charge in [-0.3, -0.25) is 9.69 Å². The molecule has 6 heteroatoms. The average Bonchev–Trinajstić information content (AvgIpc) is 3.35. The van der Waals surface area contributed by atoms with E-state index in [-0.39, 0.29) is 5.91 Å². The van der Waals surface area contributed by atoms with Crippen LogP contribution in [0.4, 0.5) is 5.82 Å². The van der Waals surface area contributed by atoms with Crippen LogP contribution in [0, 0.1) is 6.92 Å². The van der Waals surface area contributed by atoms with E-state index in [9.17, 15) is 4.79 Å². The van der Waals surface area contributed by atoms with Crippen molar-refractivity contribution in [2.45, 2.75) is 38.8 Å². The zero-order chi connectivity index (χ0) is 16.9. The number of rotatable bonds is 8. The summed E-state index contributed by atoms with van der Waals surface area (Å²) in [5.41, 5.74) is 1.15. The molecule has 0 spiro atoms. The van der Waals surface area contributed by atoms with Gasteiger partial charge in [-0.2, -0.15) is 0 Å². The van der Waals surface area contributed by atoms with Crippen molar-refractivity contribution in [1.82, 2.24) is 10.1 Å². The monoisotopic (exact) mass is 329 g/mol. The lowest BCUT2D eigenvalue weighted by Gasteiger charge is -2.22. The average molecular weight is 329 g/mol. The van der Waals surface area contributed by atoms with Gasteiger partial charge in [0.05, 0.1) is 7.11 Å². The number of amides is 1. The zero-order valence-corrected chi connectivity index (χ0v) is 14.1. The topological polar surface area (TPSA) is 67.6 Å². The Kier molecular flexibility index (Phi) is 5.15. The van der Waals surface area contributed by atoms with Gasteiger partial charge in [0.2, 0.25) is 5.91 Å². The first-order chi connectivity index (χ1) is 11.7. The summed E-state index contributed by atoms with van der Waals surface area (Å²) < 4.78 is 10.4. The molecule has 0 unspecified atom stereocenters. The first-order valence-corrected chi connectivity index (χ1v) is 8.25. The Balaban J connectivity index is 1.55. The fraction of sp³-hybridized carbons (Fsp3) is 0.444. The molecule has 2 aromatic rings. The van der Waals surface area contributed by atoms with Crippen LogP contribution >= 0.6 is 0 Å². The summed E-state index contributed by atoms with van der Waals surface area (Å²) in [5.74, 6) is 2.00. The molecule has 3 rings (SSSR count). The lowest BCUT2D eigenvalue weighted by Crippen LogP contribution is -2.29. The Labute approximate surface area is 141 Å². The Hall–Kier alpha value is -2.34. The van der Waals surface area contributed by atoms with Crippen molar-refractivity contribution in [2.75, 3.05) is 19.0 Å². The molecule has 1 aromatic carbocycles. The maximum Gasteiger partial charge on any atom is 0.226 e. The number of nitrogens with one attached hydrogen (secondary N) is 1. The summed E-state index contributed by atoms with van der Waals surface area (Å²) in [5, 5.41) is 6.55. The van der Waals surface area contributed by atoms with Gasteiger partial charge in [-0.05, 0) is 25.8 Å². The molecule has 1 heterocycles. The second-order valence-corrected chi connectivity index (χ2v) is 6.13. The van der Waals surface area contributed by atoms with Gasteiger partial charge in [0.15, 0.2) is 5.82 Å². The van der Waals surface area contributed by atoms with Crippen molar-refractivity contribution < 1.29 is 14.1 Å². The van der Waals surface area contributed by atoms with Crippen molar-refractivity contribution in [2.24, 2.45) is 0 Å². The molecule has 0 aliphatic heterocycles. The summed E-state index contributed by atoms with van der Waals surface area (Å²) in [6.07, 6.45) is 2.82. The molecule has 1 aromatic heterocycles. The standard InChI is InChI=1S/C18H23N3O3/c1-13-11-17(20-24-13)19-18(22)9-10-21(15-7-8-15)12-14-5-3-4-6-16(14)23-2/h3-6,11,15H,7-10,12H2,1-2H3,(H,19,20,22). The molecule has 1 aliphatic rings. The zero-order valence-electron chi connectivity index (χ0n) is 14.1. The number of para-hydroxylation sites is 1. The third-order valence-corrected chi connectivity index (χ3v) is 4.15. The molecule has 1 saturated carbocycles. The number of anilines is 1. The summed E-state index contributed by atoms with van der Waals surface area (Å²) in [6.45, 7) is 3.31. The van der Waals surface area contributed by atoms with Crippen molar-refractivity contribution in [3.05, 3.63) is 41.7 Å². The minimum Gasteiger partial charge on any atom is -0.496 e. The number of carbonyl (C=O) groups is 1. The minimum atomic E-state index is -0.0472. The molecular weight excluding hydrogens is 306 g/mol. The van der Waals surface area contributed by atoms with Crippen LogP contribution in [-0.2, 0) is 11.3 Å². The van der Waals surface area contributed by atoms with Gasteiger partial charge in [-0.15, -0.1) is 0 Å². The van der Waals surface area contributed by atoms with Crippen LogP contribution in [0.2, 0.25) is 0 Å². The fourth-order valence-electron chi connectivity index (χ4n) is 2.76. The van der Waals surface area contributed by atoms with Gasteiger partial charge in [-0.25, -0.2) is 0 Å². The molecule has 0 atom stereocenters. The molecule has 0 radical (unpaired) electrons. The first-order valence-electron chi connectivity index (χ1n) is 8.25. The summed E-state index contributed by atoms with van der Waals surface area (Å²) in [7, 11) is 1.69. The lowest BCUT2D eigenvalue weighted by molar-refractivity contribution is -0.116. The normalized spacial score (nSPS) is 14.0. The smallest absolute Gasteiger partial charge is 0.226 e. The maximum absolute atomic E-state index is 12.1. The van der Waals surface area contributed by atoms with Gasteiger partial charge in [0, 0.05) is 37.2 Å². The minimum absolute atomic E-state index is 0.0472. The first kappa shape index (κ1) is 16.5. The molecule has 6 nitrogen and oxygen atoms in total. The van der Waals surface area contributed by atoms with Crippen molar-refractivity contribution in [1.29, 1.82) is 0 Å². The Bertz CT molecular complexity index is 694. The van der Waals surface area contributed by atoms with E-state index < -0.39 is 0 Å². The fourth-order valence-corrected chi connectivity index (χ4v) is 2.76. The number of carbonyl (C=O) groups excluding carboxylic acids is 1. The number of hydrogen-bond donors (Lipinski definition) is 1. The number of nitrogens with zero attached hydrogens (tertiary/aromatic N) is 2. The highest BCUT2D eigenvalue weighted by atomic mass is 16.5. The number of benzene rings is 1. The van der Waals surface area contributed by atoms with Crippen LogP contribution in [0.15, 0.2) is 34.9 Å². The van der Waals surface area contributed by atoms with Gasteiger partial charge < -0.3 is 14.6 Å². The Morgan fingerprint density at radius 2 is 2.21 bits per heavy atom. The van der Waals surface area contributed by atoms with E-state index in [0.29, 0.717) is 30.6 Å².